The number of piperazine rings is 1. The Hall–Kier alpha value is -1.23. The summed E-state index contributed by atoms with van der Waals surface area (Å²) >= 11 is 0. The number of nitrogens with zero attached hydrogens (tertiary/aromatic N) is 3. The average molecular weight is 273 g/mol. The third-order valence-electron chi connectivity index (χ3n) is 4.27. The van der Waals surface area contributed by atoms with Crippen molar-refractivity contribution in [3.05, 3.63) is 42.7 Å². The molecular formula is C16H23N3O. The van der Waals surface area contributed by atoms with Crippen molar-refractivity contribution in [1.29, 1.82) is 0 Å². The minimum atomic E-state index is 0.388. The van der Waals surface area contributed by atoms with Gasteiger partial charge in [0.15, 0.2) is 0 Å². The molecule has 2 saturated heterocycles. The van der Waals surface area contributed by atoms with Gasteiger partial charge in [0.05, 0.1) is 12.7 Å². The van der Waals surface area contributed by atoms with Crippen LogP contribution in [0.25, 0.3) is 0 Å². The zero-order valence-corrected chi connectivity index (χ0v) is 11.9. The number of hydrogen-bond donors (Lipinski definition) is 0. The Balaban J connectivity index is 1.52. The van der Waals surface area contributed by atoms with Gasteiger partial charge in [0.25, 0.3) is 0 Å². The highest BCUT2D eigenvalue weighted by atomic mass is 16.5. The Bertz CT molecular complexity index is 437. The first-order chi connectivity index (χ1) is 9.85. The fourth-order valence-electron chi connectivity index (χ4n) is 3.28. The Kier molecular flexibility index (Phi) is 4.45. The predicted molar refractivity (Wildman–Crippen MR) is 79.4 cm³/mol. The van der Waals surface area contributed by atoms with Crippen molar-refractivity contribution in [2.75, 3.05) is 32.8 Å². The lowest BCUT2D eigenvalue weighted by Crippen LogP contribution is -2.49. The fourth-order valence-corrected chi connectivity index (χ4v) is 3.28. The number of hydrogen-bond acceptors (Lipinski definition) is 4. The number of rotatable bonds is 5. The molecule has 0 N–H and O–H groups in total. The van der Waals surface area contributed by atoms with Crippen molar-refractivity contribution in [2.24, 2.45) is 0 Å². The van der Waals surface area contributed by atoms with Gasteiger partial charge in [-0.05, 0) is 24.1 Å². The molecule has 0 bridgehead atoms. The van der Waals surface area contributed by atoms with Gasteiger partial charge in [0, 0.05) is 51.2 Å². The molecule has 3 rings (SSSR count). The lowest BCUT2D eigenvalue weighted by Gasteiger charge is -2.37. The summed E-state index contributed by atoms with van der Waals surface area (Å²) in [4.78, 5) is 9.21. The molecule has 1 aromatic rings. The second kappa shape index (κ2) is 6.48. The zero-order valence-electron chi connectivity index (χ0n) is 11.9. The molecule has 0 aromatic carbocycles. The molecule has 0 saturated carbocycles. The summed E-state index contributed by atoms with van der Waals surface area (Å²) < 4.78 is 5.81. The van der Waals surface area contributed by atoms with E-state index in [1.54, 1.807) is 0 Å². The molecule has 0 spiro atoms. The van der Waals surface area contributed by atoms with Gasteiger partial charge in [-0.1, -0.05) is 6.08 Å². The van der Waals surface area contributed by atoms with Crippen LogP contribution < -0.4 is 0 Å². The molecule has 0 radical (unpaired) electrons. The first-order valence-electron chi connectivity index (χ1n) is 7.43. The lowest BCUT2D eigenvalue weighted by atomic mass is 10.1. The molecule has 2 fully saturated rings. The molecule has 20 heavy (non-hydrogen) atoms. The van der Waals surface area contributed by atoms with Crippen molar-refractivity contribution in [1.82, 2.24) is 14.8 Å². The highest BCUT2D eigenvalue weighted by Gasteiger charge is 2.36. The number of aromatic nitrogens is 1. The standard InChI is InChI=1S/C16H23N3O/c1-2-9-20-16-10-15-12-18(7-8-19(15)13-16)11-14-3-5-17-6-4-14/h2-6,15-16H,1,7-13H2/t15-,16+/m0/s1. The number of fused-ring (bicyclic) bond motifs is 1. The molecule has 4 nitrogen and oxygen atoms in total. The first-order valence-corrected chi connectivity index (χ1v) is 7.43. The minimum Gasteiger partial charge on any atom is -0.373 e. The molecule has 1 aromatic heterocycles. The normalized spacial score (nSPS) is 27.4. The molecule has 3 heterocycles. The minimum absolute atomic E-state index is 0.388. The fraction of sp³-hybridized carbons (Fsp3) is 0.562. The molecule has 0 amide bonds. The third-order valence-corrected chi connectivity index (χ3v) is 4.27. The van der Waals surface area contributed by atoms with Gasteiger partial charge >= 0.3 is 0 Å². The average Bonchev–Trinajstić information content (AvgIpc) is 2.88. The van der Waals surface area contributed by atoms with Crippen molar-refractivity contribution >= 4 is 0 Å². The summed E-state index contributed by atoms with van der Waals surface area (Å²) in [7, 11) is 0. The van der Waals surface area contributed by atoms with Gasteiger partial charge in [-0.2, -0.15) is 0 Å². The van der Waals surface area contributed by atoms with Crippen LogP contribution in [-0.4, -0.2) is 59.7 Å². The molecule has 0 aliphatic carbocycles. The summed E-state index contributed by atoms with van der Waals surface area (Å²) in [5.74, 6) is 0. The van der Waals surface area contributed by atoms with Crippen molar-refractivity contribution in [3.63, 3.8) is 0 Å². The van der Waals surface area contributed by atoms with E-state index in [1.807, 2.05) is 18.5 Å². The van der Waals surface area contributed by atoms with Crippen LogP contribution in [0.3, 0.4) is 0 Å². The van der Waals surface area contributed by atoms with Gasteiger partial charge in [-0.15, -0.1) is 6.58 Å². The van der Waals surface area contributed by atoms with Crippen LogP contribution in [0.5, 0.6) is 0 Å². The molecule has 108 valence electrons. The molecule has 2 aliphatic rings. The summed E-state index contributed by atoms with van der Waals surface area (Å²) in [5.41, 5.74) is 1.35. The van der Waals surface area contributed by atoms with E-state index >= 15 is 0 Å². The van der Waals surface area contributed by atoms with Crippen LogP contribution >= 0.6 is 0 Å². The van der Waals surface area contributed by atoms with Crippen molar-refractivity contribution < 1.29 is 4.74 Å². The van der Waals surface area contributed by atoms with E-state index in [-0.39, 0.29) is 0 Å². The van der Waals surface area contributed by atoms with E-state index in [1.165, 1.54) is 5.56 Å². The molecule has 2 aliphatic heterocycles. The van der Waals surface area contributed by atoms with Crippen LogP contribution in [0.4, 0.5) is 0 Å². The molecule has 4 heteroatoms. The van der Waals surface area contributed by atoms with E-state index in [0.29, 0.717) is 18.8 Å². The predicted octanol–water partition coefficient (Wildman–Crippen LogP) is 1.54. The highest BCUT2D eigenvalue weighted by molar-refractivity contribution is 5.10. The highest BCUT2D eigenvalue weighted by Crippen LogP contribution is 2.24. The van der Waals surface area contributed by atoms with Crippen LogP contribution in [-0.2, 0) is 11.3 Å². The van der Waals surface area contributed by atoms with Crippen LogP contribution in [0.15, 0.2) is 37.2 Å². The summed E-state index contributed by atoms with van der Waals surface area (Å²) in [6.07, 6.45) is 7.13. The van der Waals surface area contributed by atoms with E-state index in [0.717, 1.165) is 39.1 Å². The Morgan fingerprint density at radius 2 is 2.15 bits per heavy atom. The first kappa shape index (κ1) is 13.7. The van der Waals surface area contributed by atoms with Gasteiger partial charge in [0.2, 0.25) is 0 Å². The summed E-state index contributed by atoms with van der Waals surface area (Å²) in [5, 5.41) is 0. The second-order valence-electron chi connectivity index (χ2n) is 5.72. The van der Waals surface area contributed by atoms with Crippen LogP contribution in [0.1, 0.15) is 12.0 Å². The lowest BCUT2D eigenvalue weighted by molar-refractivity contribution is 0.0758. The van der Waals surface area contributed by atoms with Gasteiger partial charge < -0.3 is 4.74 Å². The van der Waals surface area contributed by atoms with E-state index in [2.05, 4.69) is 33.5 Å². The van der Waals surface area contributed by atoms with E-state index in [9.17, 15) is 0 Å². The monoisotopic (exact) mass is 273 g/mol. The smallest absolute Gasteiger partial charge is 0.0721 e. The Morgan fingerprint density at radius 1 is 1.30 bits per heavy atom. The maximum Gasteiger partial charge on any atom is 0.0721 e. The molecular weight excluding hydrogens is 250 g/mol. The largest absolute Gasteiger partial charge is 0.373 e. The second-order valence-corrected chi connectivity index (χ2v) is 5.72. The van der Waals surface area contributed by atoms with Crippen LogP contribution in [0, 0.1) is 0 Å². The van der Waals surface area contributed by atoms with Gasteiger partial charge in [-0.25, -0.2) is 0 Å². The Labute approximate surface area is 121 Å². The SMILES string of the molecule is C=CCO[C@@H]1C[C@H]2CN(Cc3ccncc3)CCN2C1. The summed E-state index contributed by atoms with van der Waals surface area (Å²) in [6.45, 7) is 9.96. The Morgan fingerprint density at radius 3 is 2.95 bits per heavy atom. The molecule has 0 unspecified atom stereocenters. The van der Waals surface area contributed by atoms with Crippen molar-refractivity contribution in [2.45, 2.75) is 25.1 Å². The van der Waals surface area contributed by atoms with E-state index in [4.69, 9.17) is 4.74 Å². The van der Waals surface area contributed by atoms with Gasteiger partial charge in [0.1, 0.15) is 0 Å². The summed E-state index contributed by atoms with van der Waals surface area (Å²) in [6, 6.07) is 4.87. The maximum absolute atomic E-state index is 5.81. The number of ether oxygens (including phenoxy) is 1. The van der Waals surface area contributed by atoms with Crippen molar-refractivity contribution in [3.8, 4) is 0 Å². The molecule has 2 atom stereocenters. The number of pyridine rings is 1. The maximum atomic E-state index is 5.81. The van der Waals surface area contributed by atoms with Crippen LogP contribution in [0.2, 0.25) is 0 Å². The topological polar surface area (TPSA) is 28.6 Å². The van der Waals surface area contributed by atoms with Gasteiger partial charge in [-0.3, -0.25) is 14.8 Å². The third kappa shape index (κ3) is 3.26. The zero-order chi connectivity index (χ0) is 13.8. The quantitative estimate of drug-likeness (QED) is 0.761. The van der Waals surface area contributed by atoms with E-state index < -0.39 is 0 Å².